The van der Waals surface area contributed by atoms with Gasteiger partial charge in [0.25, 0.3) is 0 Å². The van der Waals surface area contributed by atoms with E-state index in [4.69, 9.17) is 16.3 Å². The maximum atomic E-state index is 13.6. The topological polar surface area (TPSA) is 21.3 Å². The summed E-state index contributed by atoms with van der Waals surface area (Å²) in [6, 6.07) is 5.07. The Morgan fingerprint density at radius 1 is 1.39 bits per heavy atom. The zero-order chi connectivity index (χ0) is 13.6. The molecule has 0 aliphatic rings. The molecule has 0 spiro atoms. The van der Waals surface area contributed by atoms with Crippen molar-refractivity contribution in [2.24, 2.45) is 5.41 Å². The highest BCUT2D eigenvalue weighted by Gasteiger charge is 2.17. The van der Waals surface area contributed by atoms with E-state index in [-0.39, 0.29) is 16.3 Å². The van der Waals surface area contributed by atoms with E-state index in [1.54, 1.807) is 25.3 Å². The first kappa shape index (κ1) is 15.4. The van der Waals surface area contributed by atoms with Gasteiger partial charge in [0.2, 0.25) is 0 Å². The molecule has 4 heteroatoms. The maximum absolute atomic E-state index is 13.6. The molecule has 1 aromatic rings. The Balaban J connectivity index is 2.44. The summed E-state index contributed by atoms with van der Waals surface area (Å²) in [6.45, 7) is 6.35. The molecule has 0 saturated heterocycles. The first-order valence-corrected chi connectivity index (χ1v) is 6.46. The van der Waals surface area contributed by atoms with Crippen LogP contribution in [0.2, 0.25) is 5.02 Å². The van der Waals surface area contributed by atoms with Gasteiger partial charge in [0.15, 0.2) is 0 Å². The lowest BCUT2D eigenvalue weighted by atomic mass is 9.89. The summed E-state index contributed by atoms with van der Waals surface area (Å²) in [5.74, 6) is -0.332. The van der Waals surface area contributed by atoms with E-state index in [9.17, 15) is 4.39 Å². The molecule has 2 nitrogen and oxygen atoms in total. The van der Waals surface area contributed by atoms with Crippen molar-refractivity contribution in [2.75, 3.05) is 20.3 Å². The molecular weight excluding hydrogens is 253 g/mol. The molecule has 1 rings (SSSR count). The fraction of sp³-hybridized carbons (Fsp3) is 0.571. The van der Waals surface area contributed by atoms with E-state index in [1.165, 1.54) is 0 Å². The fourth-order valence-electron chi connectivity index (χ4n) is 1.69. The molecule has 0 fully saturated rings. The zero-order valence-corrected chi connectivity index (χ0v) is 12.0. The summed E-state index contributed by atoms with van der Waals surface area (Å²) in [5, 5.41) is 3.44. The summed E-state index contributed by atoms with van der Waals surface area (Å²) >= 11 is 5.73. The molecule has 0 aliphatic heterocycles. The monoisotopic (exact) mass is 273 g/mol. The van der Waals surface area contributed by atoms with Gasteiger partial charge in [-0.1, -0.05) is 37.6 Å². The van der Waals surface area contributed by atoms with Gasteiger partial charge >= 0.3 is 0 Å². The average Bonchev–Trinajstić information content (AvgIpc) is 2.32. The molecule has 1 N–H and O–H groups in total. The van der Waals surface area contributed by atoms with Crippen LogP contribution in [-0.2, 0) is 11.3 Å². The smallest absolute Gasteiger partial charge is 0.146 e. The second-order valence-electron chi connectivity index (χ2n) is 5.22. The number of benzene rings is 1. The Morgan fingerprint density at radius 2 is 2.11 bits per heavy atom. The van der Waals surface area contributed by atoms with Crippen molar-refractivity contribution in [2.45, 2.75) is 26.8 Å². The molecule has 0 saturated carbocycles. The molecule has 0 radical (unpaired) electrons. The van der Waals surface area contributed by atoms with Crippen LogP contribution in [0.3, 0.4) is 0 Å². The third kappa shape index (κ3) is 4.92. The number of rotatable bonds is 7. The minimum Gasteiger partial charge on any atom is -0.385 e. The second kappa shape index (κ2) is 7.07. The predicted molar refractivity (Wildman–Crippen MR) is 73.4 cm³/mol. The van der Waals surface area contributed by atoms with Crippen LogP contribution in [0.5, 0.6) is 0 Å². The van der Waals surface area contributed by atoms with Crippen LogP contribution in [-0.4, -0.2) is 20.3 Å². The van der Waals surface area contributed by atoms with E-state index in [0.717, 1.165) is 19.6 Å². The van der Waals surface area contributed by atoms with Crippen molar-refractivity contribution in [3.63, 3.8) is 0 Å². The third-order valence-electron chi connectivity index (χ3n) is 2.93. The summed E-state index contributed by atoms with van der Waals surface area (Å²) < 4.78 is 18.7. The van der Waals surface area contributed by atoms with Crippen molar-refractivity contribution < 1.29 is 9.13 Å². The van der Waals surface area contributed by atoms with E-state index in [0.29, 0.717) is 12.1 Å². The Hall–Kier alpha value is -0.640. The molecule has 0 unspecified atom stereocenters. The Bertz CT molecular complexity index is 382. The first-order valence-electron chi connectivity index (χ1n) is 6.09. The number of hydrogen-bond donors (Lipinski definition) is 1. The Morgan fingerprint density at radius 3 is 2.78 bits per heavy atom. The lowest BCUT2D eigenvalue weighted by Gasteiger charge is -2.24. The lowest BCUT2D eigenvalue weighted by Crippen LogP contribution is -2.30. The Labute approximate surface area is 113 Å². The third-order valence-corrected chi connectivity index (χ3v) is 3.23. The molecule has 102 valence electrons. The molecule has 0 atom stereocenters. The van der Waals surface area contributed by atoms with Gasteiger partial charge in [-0.2, -0.15) is 0 Å². The summed E-state index contributed by atoms with van der Waals surface area (Å²) in [5.41, 5.74) is 0.732. The van der Waals surface area contributed by atoms with Crippen molar-refractivity contribution in [1.29, 1.82) is 0 Å². The molecule has 0 amide bonds. The standard InChI is InChI=1S/C14H21ClFNO/c1-14(2,7-8-18-3)10-17-9-11-5-4-6-12(15)13(11)16/h4-6,17H,7-10H2,1-3H3. The van der Waals surface area contributed by atoms with E-state index >= 15 is 0 Å². The lowest BCUT2D eigenvalue weighted by molar-refractivity contribution is 0.150. The fourth-order valence-corrected chi connectivity index (χ4v) is 1.88. The Kier molecular flexibility index (Phi) is 6.06. The van der Waals surface area contributed by atoms with Crippen molar-refractivity contribution in [3.05, 3.63) is 34.6 Å². The summed E-state index contributed by atoms with van der Waals surface area (Å²) in [6.07, 6.45) is 0.967. The van der Waals surface area contributed by atoms with Crippen molar-refractivity contribution in [1.82, 2.24) is 5.32 Å². The number of ether oxygens (including phenoxy) is 1. The number of methoxy groups -OCH3 is 1. The van der Waals surface area contributed by atoms with Crippen LogP contribution in [0, 0.1) is 11.2 Å². The molecule has 1 aromatic carbocycles. The van der Waals surface area contributed by atoms with Crippen LogP contribution >= 0.6 is 11.6 Å². The maximum Gasteiger partial charge on any atom is 0.146 e. The summed E-state index contributed by atoms with van der Waals surface area (Å²) in [7, 11) is 1.70. The zero-order valence-electron chi connectivity index (χ0n) is 11.2. The molecule has 18 heavy (non-hydrogen) atoms. The van der Waals surface area contributed by atoms with E-state index < -0.39 is 0 Å². The molecular formula is C14H21ClFNO. The number of nitrogens with one attached hydrogen (secondary N) is 1. The van der Waals surface area contributed by atoms with Gasteiger partial charge in [0, 0.05) is 32.4 Å². The van der Waals surface area contributed by atoms with Crippen LogP contribution in [0.1, 0.15) is 25.8 Å². The first-order chi connectivity index (χ1) is 8.46. The molecule has 0 aliphatic carbocycles. The van der Waals surface area contributed by atoms with Gasteiger partial charge in [-0.25, -0.2) is 4.39 Å². The number of hydrogen-bond acceptors (Lipinski definition) is 2. The van der Waals surface area contributed by atoms with E-state index in [1.807, 2.05) is 0 Å². The highest BCUT2D eigenvalue weighted by atomic mass is 35.5. The summed E-state index contributed by atoms with van der Waals surface area (Å²) in [4.78, 5) is 0. The van der Waals surface area contributed by atoms with Crippen LogP contribution in [0.4, 0.5) is 4.39 Å². The highest BCUT2D eigenvalue weighted by Crippen LogP contribution is 2.20. The SMILES string of the molecule is COCCC(C)(C)CNCc1cccc(Cl)c1F. The van der Waals surface area contributed by atoms with Crippen LogP contribution < -0.4 is 5.32 Å². The largest absolute Gasteiger partial charge is 0.385 e. The minimum atomic E-state index is -0.332. The van der Waals surface area contributed by atoms with Gasteiger partial charge in [0.1, 0.15) is 5.82 Å². The highest BCUT2D eigenvalue weighted by molar-refractivity contribution is 6.30. The van der Waals surface area contributed by atoms with E-state index in [2.05, 4.69) is 19.2 Å². The minimum absolute atomic E-state index is 0.130. The normalized spacial score (nSPS) is 11.8. The average molecular weight is 274 g/mol. The molecule has 0 bridgehead atoms. The van der Waals surface area contributed by atoms with Gasteiger partial charge in [-0.05, 0) is 17.9 Å². The molecule has 0 heterocycles. The predicted octanol–water partition coefficient (Wildman–Crippen LogP) is 3.63. The second-order valence-corrected chi connectivity index (χ2v) is 5.63. The van der Waals surface area contributed by atoms with Crippen LogP contribution in [0.25, 0.3) is 0 Å². The van der Waals surface area contributed by atoms with Crippen molar-refractivity contribution in [3.8, 4) is 0 Å². The van der Waals surface area contributed by atoms with Crippen molar-refractivity contribution >= 4 is 11.6 Å². The van der Waals surface area contributed by atoms with Gasteiger partial charge < -0.3 is 10.1 Å². The van der Waals surface area contributed by atoms with Crippen LogP contribution in [0.15, 0.2) is 18.2 Å². The van der Waals surface area contributed by atoms with Gasteiger partial charge in [-0.15, -0.1) is 0 Å². The molecule has 0 aromatic heterocycles. The number of halogens is 2. The van der Waals surface area contributed by atoms with Gasteiger partial charge in [-0.3, -0.25) is 0 Å². The quantitative estimate of drug-likeness (QED) is 0.819. The van der Waals surface area contributed by atoms with Gasteiger partial charge in [0.05, 0.1) is 5.02 Å².